The van der Waals surface area contributed by atoms with Crippen molar-refractivity contribution in [3.63, 3.8) is 0 Å². The van der Waals surface area contributed by atoms with Crippen LogP contribution >= 0.6 is 12.8 Å². The van der Waals surface area contributed by atoms with Crippen molar-refractivity contribution in [2.45, 2.75) is 6.54 Å². The summed E-state index contributed by atoms with van der Waals surface area (Å²) in [5, 5.41) is 12.3. The number of fused-ring (bicyclic) bond motifs is 1. The van der Waals surface area contributed by atoms with Gasteiger partial charge in [-0.3, -0.25) is 23.8 Å². The molecule has 0 saturated heterocycles. The van der Waals surface area contributed by atoms with Gasteiger partial charge in [0, 0.05) is 6.07 Å². The molecule has 0 saturated carbocycles. The van der Waals surface area contributed by atoms with Gasteiger partial charge in [-0.1, -0.05) is 12.8 Å². The Labute approximate surface area is 90.2 Å². The second-order valence-electron chi connectivity index (χ2n) is 3.01. The number of hydroxylamine groups is 1. The molecule has 0 radical (unpaired) electrons. The van der Waals surface area contributed by atoms with E-state index in [1.54, 1.807) is 0 Å². The minimum Gasteiger partial charge on any atom is -0.288 e. The van der Waals surface area contributed by atoms with E-state index >= 15 is 0 Å². The molecule has 0 aliphatic carbocycles. The first-order chi connectivity index (χ1) is 7.13. The van der Waals surface area contributed by atoms with Crippen molar-refractivity contribution >= 4 is 24.6 Å². The molecule has 0 bridgehead atoms. The number of amides is 2. The van der Waals surface area contributed by atoms with Gasteiger partial charge < -0.3 is 0 Å². The molecule has 2 heterocycles. The number of rotatable bonds is 1. The fourth-order valence-corrected chi connectivity index (χ4v) is 1.54. The Morgan fingerprint density at radius 2 is 2.33 bits per heavy atom. The molecule has 1 aromatic heterocycles. The number of nitrogens with zero attached hydrogens (tertiary/aromatic N) is 3. The Balaban J connectivity index is 2.39. The molecule has 7 nitrogen and oxygen atoms in total. The fourth-order valence-electron chi connectivity index (χ4n) is 1.35. The van der Waals surface area contributed by atoms with Crippen LogP contribution in [0.15, 0.2) is 6.07 Å². The van der Waals surface area contributed by atoms with Crippen molar-refractivity contribution in [2.75, 3.05) is 6.54 Å². The van der Waals surface area contributed by atoms with Crippen LogP contribution in [0.5, 0.6) is 0 Å². The lowest BCUT2D eigenvalue weighted by Crippen LogP contribution is -2.34. The highest BCUT2D eigenvalue weighted by atomic mass is 32.1. The molecule has 0 atom stereocenters. The molecular weight excluding hydrogens is 220 g/mol. The molecule has 2 N–H and O–H groups in total. The SMILES string of the molecule is O=C(NO)c1cc2n(n1)CCN(S)C2=O. The Bertz CT molecular complexity index is 430. The number of carbonyl (C=O) groups excluding carboxylic acids is 2. The number of carbonyl (C=O) groups is 2. The monoisotopic (exact) mass is 228 g/mol. The van der Waals surface area contributed by atoms with Crippen LogP contribution in [0.2, 0.25) is 0 Å². The first-order valence-electron chi connectivity index (χ1n) is 4.16. The Morgan fingerprint density at radius 3 is 3.00 bits per heavy atom. The molecule has 80 valence electrons. The molecule has 1 aliphatic heterocycles. The van der Waals surface area contributed by atoms with Crippen molar-refractivity contribution in [1.82, 2.24) is 19.6 Å². The van der Waals surface area contributed by atoms with E-state index in [9.17, 15) is 9.59 Å². The lowest BCUT2D eigenvalue weighted by molar-refractivity contribution is 0.0699. The molecule has 2 rings (SSSR count). The van der Waals surface area contributed by atoms with Gasteiger partial charge in [-0.25, -0.2) is 5.48 Å². The average Bonchev–Trinajstić information content (AvgIpc) is 2.67. The van der Waals surface area contributed by atoms with Gasteiger partial charge in [-0.05, 0) is 0 Å². The number of hydrogen-bond acceptors (Lipinski definition) is 5. The molecule has 0 aromatic carbocycles. The molecule has 2 amide bonds. The van der Waals surface area contributed by atoms with E-state index in [1.807, 2.05) is 0 Å². The predicted octanol–water partition coefficient (Wildman–Crippen LogP) is -0.697. The Morgan fingerprint density at radius 1 is 1.60 bits per heavy atom. The molecule has 0 unspecified atom stereocenters. The van der Waals surface area contributed by atoms with Crippen molar-refractivity contribution in [3.05, 3.63) is 17.5 Å². The first kappa shape index (κ1) is 9.99. The molecule has 0 fully saturated rings. The van der Waals surface area contributed by atoms with Gasteiger partial charge in [0.2, 0.25) is 0 Å². The fraction of sp³-hybridized carbons (Fsp3) is 0.286. The van der Waals surface area contributed by atoms with Gasteiger partial charge in [0.15, 0.2) is 5.69 Å². The van der Waals surface area contributed by atoms with Gasteiger partial charge >= 0.3 is 0 Å². The zero-order valence-electron chi connectivity index (χ0n) is 7.54. The van der Waals surface area contributed by atoms with Gasteiger partial charge in [0.25, 0.3) is 11.8 Å². The van der Waals surface area contributed by atoms with E-state index in [4.69, 9.17) is 5.21 Å². The second kappa shape index (κ2) is 3.55. The quantitative estimate of drug-likeness (QED) is 0.337. The maximum absolute atomic E-state index is 11.5. The summed E-state index contributed by atoms with van der Waals surface area (Å²) in [6.07, 6.45) is 0. The Hall–Kier alpha value is -1.54. The van der Waals surface area contributed by atoms with Gasteiger partial charge in [0.1, 0.15) is 5.69 Å². The number of nitrogens with one attached hydrogen (secondary N) is 1. The summed E-state index contributed by atoms with van der Waals surface area (Å²) < 4.78 is 2.66. The second-order valence-corrected chi connectivity index (χ2v) is 3.49. The molecule has 8 heteroatoms. The third-order valence-corrected chi connectivity index (χ3v) is 2.47. The number of hydrogen-bond donors (Lipinski definition) is 3. The topological polar surface area (TPSA) is 87.5 Å². The van der Waals surface area contributed by atoms with Crippen molar-refractivity contribution in [1.29, 1.82) is 0 Å². The maximum atomic E-state index is 11.5. The lowest BCUT2D eigenvalue weighted by Gasteiger charge is -2.21. The van der Waals surface area contributed by atoms with Crippen molar-refractivity contribution < 1.29 is 14.8 Å². The van der Waals surface area contributed by atoms with Crippen LogP contribution in [0.4, 0.5) is 0 Å². The maximum Gasteiger partial charge on any atom is 0.295 e. The van der Waals surface area contributed by atoms with Crippen LogP contribution in [0.3, 0.4) is 0 Å². The van der Waals surface area contributed by atoms with E-state index < -0.39 is 5.91 Å². The first-order valence-corrected chi connectivity index (χ1v) is 4.56. The summed E-state index contributed by atoms with van der Waals surface area (Å²) in [6, 6.07) is 1.32. The van der Waals surface area contributed by atoms with Crippen LogP contribution < -0.4 is 5.48 Å². The molecule has 1 aliphatic rings. The molecule has 1 aromatic rings. The van der Waals surface area contributed by atoms with Crippen LogP contribution in [0, 0.1) is 0 Å². The summed E-state index contributed by atoms with van der Waals surface area (Å²) >= 11 is 3.96. The van der Waals surface area contributed by atoms with E-state index in [0.717, 1.165) is 0 Å². The summed E-state index contributed by atoms with van der Waals surface area (Å²) in [7, 11) is 0. The normalized spacial score (nSPS) is 15.1. The minimum absolute atomic E-state index is 0.00415. The van der Waals surface area contributed by atoms with Gasteiger partial charge in [-0.2, -0.15) is 5.10 Å². The summed E-state index contributed by atoms with van der Waals surface area (Å²) in [5.74, 6) is -1.05. The zero-order valence-corrected chi connectivity index (χ0v) is 8.44. The number of aromatic nitrogens is 2. The Kier molecular flexibility index (Phi) is 2.37. The van der Waals surface area contributed by atoms with Crippen LogP contribution in [0.25, 0.3) is 0 Å². The molecule has 0 spiro atoms. The van der Waals surface area contributed by atoms with Crippen LogP contribution in [0.1, 0.15) is 21.0 Å². The zero-order chi connectivity index (χ0) is 11.0. The highest BCUT2D eigenvalue weighted by molar-refractivity contribution is 7.78. The minimum atomic E-state index is -0.740. The van der Waals surface area contributed by atoms with Crippen molar-refractivity contribution in [2.24, 2.45) is 0 Å². The standard InChI is InChI=1S/C7H8N4O3S/c12-6(9-14)4-3-5-7(13)11(15)2-1-10(5)8-4/h3,14-15H,1-2H2,(H,9,12). The average molecular weight is 228 g/mol. The van der Waals surface area contributed by atoms with E-state index in [2.05, 4.69) is 17.9 Å². The molecule has 15 heavy (non-hydrogen) atoms. The van der Waals surface area contributed by atoms with Crippen LogP contribution in [-0.4, -0.2) is 37.7 Å². The predicted molar refractivity (Wildman–Crippen MR) is 51.5 cm³/mol. The van der Waals surface area contributed by atoms with Gasteiger partial charge in [-0.15, -0.1) is 0 Å². The molecular formula is C7H8N4O3S. The van der Waals surface area contributed by atoms with Crippen molar-refractivity contribution in [3.8, 4) is 0 Å². The highest BCUT2D eigenvalue weighted by Gasteiger charge is 2.26. The third-order valence-electron chi connectivity index (χ3n) is 2.09. The smallest absolute Gasteiger partial charge is 0.288 e. The van der Waals surface area contributed by atoms with E-state index in [1.165, 1.54) is 20.5 Å². The summed E-state index contributed by atoms with van der Waals surface area (Å²) in [4.78, 5) is 22.6. The van der Waals surface area contributed by atoms with Gasteiger partial charge in [0.05, 0.1) is 13.1 Å². The largest absolute Gasteiger partial charge is 0.295 e. The lowest BCUT2D eigenvalue weighted by atomic mass is 10.3. The van der Waals surface area contributed by atoms with Crippen LogP contribution in [-0.2, 0) is 6.54 Å². The highest BCUT2D eigenvalue weighted by Crippen LogP contribution is 2.14. The van der Waals surface area contributed by atoms with E-state index in [0.29, 0.717) is 13.1 Å². The van der Waals surface area contributed by atoms with E-state index in [-0.39, 0.29) is 17.3 Å². The third kappa shape index (κ3) is 1.57. The number of thiol groups is 1. The summed E-state index contributed by atoms with van der Waals surface area (Å²) in [5.41, 5.74) is 1.75. The summed E-state index contributed by atoms with van der Waals surface area (Å²) in [6.45, 7) is 0.903.